The monoisotopic (exact) mass is 460 g/mol. The van der Waals surface area contributed by atoms with Crippen molar-refractivity contribution in [3.05, 3.63) is 58.6 Å². The van der Waals surface area contributed by atoms with Gasteiger partial charge in [-0.25, -0.2) is 4.90 Å². The third-order valence-electron chi connectivity index (χ3n) is 4.05. The van der Waals surface area contributed by atoms with Gasteiger partial charge in [0.15, 0.2) is 5.17 Å². The molecular formula is C19H17BrN4O3S. The lowest BCUT2D eigenvalue weighted by atomic mass is 10.1. The second-order valence-electron chi connectivity index (χ2n) is 6.00. The highest BCUT2D eigenvalue weighted by molar-refractivity contribution is 9.10. The van der Waals surface area contributed by atoms with Gasteiger partial charge < -0.3 is 10.8 Å². The Labute approximate surface area is 174 Å². The standard InChI is InChI=1S/C19H17BrN4O3S/c1-11(14-4-2-3-5-15(14)25)22-23-19(21)28-16-10-17(26)24(18(16)27)13-8-6-12(20)7-9-13/h2-9,16,25H,10H2,1H3,(H2,21,23)/b22-11-/t16-/m1/s1. The van der Waals surface area contributed by atoms with Crippen molar-refractivity contribution in [2.24, 2.45) is 15.9 Å². The molecule has 1 fully saturated rings. The fraction of sp³-hybridized carbons (Fsp3) is 0.158. The zero-order valence-corrected chi connectivity index (χ0v) is 17.3. The Morgan fingerprint density at radius 2 is 1.86 bits per heavy atom. The molecule has 0 bridgehead atoms. The average Bonchev–Trinajstić information content (AvgIpc) is 2.94. The van der Waals surface area contributed by atoms with Gasteiger partial charge in [-0.1, -0.05) is 39.8 Å². The molecule has 0 aliphatic carbocycles. The first-order chi connectivity index (χ1) is 13.4. The molecule has 0 radical (unpaired) electrons. The summed E-state index contributed by atoms with van der Waals surface area (Å²) in [6, 6.07) is 13.7. The van der Waals surface area contributed by atoms with Crippen molar-refractivity contribution in [1.82, 2.24) is 0 Å². The quantitative estimate of drug-likeness (QED) is 0.315. The zero-order chi connectivity index (χ0) is 20.3. The van der Waals surface area contributed by atoms with Crippen LogP contribution < -0.4 is 10.6 Å². The number of imide groups is 1. The maximum atomic E-state index is 12.6. The van der Waals surface area contributed by atoms with Crippen molar-refractivity contribution in [2.45, 2.75) is 18.6 Å². The van der Waals surface area contributed by atoms with E-state index in [1.54, 1.807) is 55.5 Å². The van der Waals surface area contributed by atoms with Crippen LogP contribution in [0.3, 0.4) is 0 Å². The molecule has 0 saturated carbocycles. The highest BCUT2D eigenvalue weighted by atomic mass is 79.9. The molecule has 7 nitrogen and oxygen atoms in total. The lowest BCUT2D eigenvalue weighted by Crippen LogP contribution is -2.31. The Morgan fingerprint density at radius 1 is 1.18 bits per heavy atom. The third kappa shape index (κ3) is 4.42. The van der Waals surface area contributed by atoms with Crippen molar-refractivity contribution in [3.63, 3.8) is 0 Å². The number of phenols is 1. The number of aromatic hydroxyl groups is 1. The Balaban J connectivity index is 1.71. The van der Waals surface area contributed by atoms with E-state index in [2.05, 4.69) is 26.1 Å². The highest BCUT2D eigenvalue weighted by Crippen LogP contribution is 2.30. The van der Waals surface area contributed by atoms with Crippen LogP contribution in [0.1, 0.15) is 18.9 Å². The van der Waals surface area contributed by atoms with Crippen LogP contribution in [0.5, 0.6) is 5.75 Å². The minimum absolute atomic E-state index is 0.0396. The summed E-state index contributed by atoms with van der Waals surface area (Å²) in [5, 5.41) is 17.2. The molecule has 2 aromatic carbocycles. The fourth-order valence-corrected chi connectivity index (χ4v) is 3.76. The van der Waals surface area contributed by atoms with Crippen LogP contribution >= 0.6 is 27.7 Å². The number of carbonyl (C=O) groups excluding carboxylic acids is 2. The number of para-hydroxylation sites is 1. The average molecular weight is 461 g/mol. The lowest BCUT2D eigenvalue weighted by Gasteiger charge is -2.14. The van der Waals surface area contributed by atoms with Gasteiger partial charge in [-0.15, -0.1) is 5.10 Å². The number of nitrogens with two attached hydrogens (primary N) is 1. The van der Waals surface area contributed by atoms with E-state index < -0.39 is 5.25 Å². The Kier molecular flexibility index (Phi) is 6.15. The van der Waals surface area contributed by atoms with Crippen LogP contribution in [-0.2, 0) is 9.59 Å². The summed E-state index contributed by atoms with van der Waals surface area (Å²) in [5.41, 5.74) is 7.42. The van der Waals surface area contributed by atoms with E-state index in [1.807, 2.05) is 0 Å². The number of carbonyl (C=O) groups is 2. The number of benzene rings is 2. The van der Waals surface area contributed by atoms with Crippen LogP contribution in [0.25, 0.3) is 0 Å². The second-order valence-corrected chi connectivity index (χ2v) is 8.13. The number of phenolic OH excluding ortho intramolecular Hbond substituents is 1. The number of rotatable bonds is 4. The molecule has 3 N–H and O–H groups in total. The van der Waals surface area contributed by atoms with E-state index in [0.29, 0.717) is 17.0 Å². The third-order valence-corrected chi connectivity index (χ3v) is 5.55. The molecule has 2 aromatic rings. The molecule has 1 atom stereocenters. The van der Waals surface area contributed by atoms with Gasteiger partial charge in [-0.2, -0.15) is 5.10 Å². The summed E-state index contributed by atoms with van der Waals surface area (Å²) in [4.78, 5) is 26.1. The molecule has 9 heteroatoms. The topological polar surface area (TPSA) is 108 Å². The van der Waals surface area contributed by atoms with Crippen LogP contribution in [0.4, 0.5) is 5.69 Å². The van der Waals surface area contributed by atoms with E-state index >= 15 is 0 Å². The van der Waals surface area contributed by atoms with Gasteiger partial charge in [0, 0.05) is 16.5 Å². The predicted molar refractivity (Wildman–Crippen MR) is 115 cm³/mol. The van der Waals surface area contributed by atoms with Crippen LogP contribution in [0, 0.1) is 0 Å². The van der Waals surface area contributed by atoms with Crippen LogP contribution in [0.15, 0.2) is 63.2 Å². The molecule has 1 aliphatic heterocycles. The van der Waals surface area contributed by atoms with Crippen LogP contribution in [-0.4, -0.2) is 33.1 Å². The van der Waals surface area contributed by atoms with Crippen LogP contribution in [0.2, 0.25) is 0 Å². The summed E-state index contributed by atoms with van der Waals surface area (Å²) < 4.78 is 0.857. The number of hydrogen-bond donors (Lipinski definition) is 2. The largest absolute Gasteiger partial charge is 0.507 e. The molecule has 1 saturated heterocycles. The summed E-state index contributed by atoms with van der Waals surface area (Å²) in [6.07, 6.45) is 0.0396. The van der Waals surface area contributed by atoms with E-state index in [4.69, 9.17) is 5.73 Å². The first kappa shape index (κ1) is 20.1. The molecule has 1 aliphatic rings. The van der Waals surface area contributed by atoms with Gasteiger partial charge in [-0.3, -0.25) is 9.59 Å². The summed E-state index contributed by atoms with van der Waals surface area (Å²) in [5.74, 6) is -0.532. The van der Waals surface area contributed by atoms with E-state index in [1.165, 1.54) is 0 Å². The molecule has 1 heterocycles. The maximum Gasteiger partial charge on any atom is 0.247 e. The second kappa shape index (κ2) is 8.57. The number of nitrogens with zero attached hydrogens (tertiary/aromatic N) is 3. The number of hydrogen-bond acceptors (Lipinski definition) is 6. The number of thioether (sulfide) groups is 1. The number of amidine groups is 1. The molecule has 144 valence electrons. The summed E-state index contributed by atoms with van der Waals surface area (Å²) in [6.45, 7) is 1.69. The van der Waals surface area contributed by atoms with Crippen molar-refractivity contribution in [2.75, 3.05) is 4.90 Å². The molecular weight excluding hydrogens is 444 g/mol. The molecule has 2 amide bonds. The van der Waals surface area contributed by atoms with E-state index in [0.717, 1.165) is 21.1 Å². The molecule has 0 spiro atoms. The predicted octanol–water partition coefficient (Wildman–Crippen LogP) is 3.26. The maximum absolute atomic E-state index is 12.6. The number of amides is 2. The van der Waals surface area contributed by atoms with E-state index in [-0.39, 0.29) is 29.2 Å². The lowest BCUT2D eigenvalue weighted by molar-refractivity contribution is -0.121. The Hall–Kier alpha value is -2.65. The van der Waals surface area contributed by atoms with Crippen molar-refractivity contribution in [3.8, 4) is 5.75 Å². The SMILES string of the molecule is C/C(=N/N=C(N)S[C@@H]1CC(=O)N(c2ccc(Br)cc2)C1=O)c1ccccc1O. The van der Waals surface area contributed by atoms with Crippen molar-refractivity contribution < 1.29 is 14.7 Å². The van der Waals surface area contributed by atoms with Gasteiger partial charge in [-0.05, 0) is 43.3 Å². The Bertz CT molecular complexity index is 975. The fourth-order valence-electron chi connectivity index (χ4n) is 2.68. The van der Waals surface area contributed by atoms with Crippen molar-refractivity contribution in [1.29, 1.82) is 0 Å². The molecule has 0 unspecified atom stereocenters. The number of anilines is 1. The first-order valence-corrected chi connectivity index (χ1v) is 9.99. The number of halogens is 1. The minimum Gasteiger partial charge on any atom is -0.507 e. The Morgan fingerprint density at radius 3 is 2.54 bits per heavy atom. The van der Waals surface area contributed by atoms with E-state index in [9.17, 15) is 14.7 Å². The summed E-state index contributed by atoms with van der Waals surface area (Å²) in [7, 11) is 0. The smallest absolute Gasteiger partial charge is 0.247 e. The highest BCUT2D eigenvalue weighted by Gasteiger charge is 2.40. The van der Waals surface area contributed by atoms with Gasteiger partial charge in [0.1, 0.15) is 11.0 Å². The zero-order valence-electron chi connectivity index (χ0n) is 14.9. The van der Waals surface area contributed by atoms with Gasteiger partial charge >= 0.3 is 0 Å². The first-order valence-electron chi connectivity index (χ1n) is 8.32. The van der Waals surface area contributed by atoms with Gasteiger partial charge in [0.05, 0.1) is 11.4 Å². The van der Waals surface area contributed by atoms with Crippen molar-refractivity contribution >= 4 is 56.1 Å². The molecule has 0 aromatic heterocycles. The summed E-state index contributed by atoms with van der Waals surface area (Å²) >= 11 is 4.33. The minimum atomic E-state index is -0.652. The van der Waals surface area contributed by atoms with Gasteiger partial charge in [0.25, 0.3) is 0 Å². The molecule has 28 heavy (non-hydrogen) atoms. The van der Waals surface area contributed by atoms with Gasteiger partial charge in [0.2, 0.25) is 11.8 Å². The normalized spacial score (nSPS) is 18.1. The molecule has 3 rings (SSSR count).